The lowest BCUT2D eigenvalue weighted by Gasteiger charge is -2.22. The molecule has 0 radical (unpaired) electrons. The largest absolute Gasteiger partial charge is 0.380 e. The van der Waals surface area contributed by atoms with Gasteiger partial charge in [-0.25, -0.2) is 9.37 Å². The summed E-state index contributed by atoms with van der Waals surface area (Å²) in [5.74, 6) is 0.851. The van der Waals surface area contributed by atoms with E-state index in [-0.39, 0.29) is 6.42 Å². The quantitative estimate of drug-likeness (QED) is 0.340. The molecule has 0 amide bonds. The third-order valence-corrected chi connectivity index (χ3v) is 6.15. The third kappa shape index (κ3) is 5.32. The minimum Gasteiger partial charge on any atom is -0.380 e. The van der Waals surface area contributed by atoms with Crippen molar-refractivity contribution in [2.24, 2.45) is 0 Å². The van der Waals surface area contributed by atoms with Gasteiger partial charge in [0.1, 0.15) is 11.5 Å². The first kappa shape index (κ1) is 22.1. The first-order valence-corrected chi connectivity index (χ1v) is 11.8. The van der Waals surface area contributed by atoms with Crippen molar-refractivity contribution >= 4 is 42.3 Å². The van der Waals surface area contributed by atoms with E-state index in [0.29, 0.717) is 31.3 Å². The number of allylic oxidation sites excluding steroid dienone is 4. The molecule has 0 spiro atoms. The third-order valence-electron chi connectivity index (χ3n) is 4.84. The Morgan fingerprint density at radius 3 is 2.97 bits per heavy atom. The second-order valence-electron chi connectivity index (χ2n) is 7.24. The molecule has 1 N–H and O–H groups in total. The van der Waals surface area contributed by atoms with Crippen LogP contribution in [0, 0.1) is 0 Å². The summed E-state index contributed by atoms with van der Waals surface area (Å²) in [5, 5.41) is 3.74. The van der Waals surface area contributed by atoms with Gasteiger partial charge in [-0.15, -0.1) is 0 Å². The number of imidazole rings is 1. The van der Waals surface area contributed by atoms with Crippen LogP contribution in [-0.4, -0.2) is 41.1 Å². The lowest BCUT2D eigenvalue weighted by Crippen LogP contribution is -2.17. The summed E-state index contributed by atoms with van der Waals surface area (Å²) in [4.78, 5) is 15.7. The zero-order chi connectivity index (χ0) is 21.0. The van der Waals surface area contributed by atoms with Crippen molar-refractivity contribution < 1.29 is 13.9 Å². The fraction of sp³-hybridized carbons (Fsp3) is 0.429. The predicted octanol–water partition coefficient (Wildman–Crippen LogP) is 5.02. The molecule has 0 fully saturated rings. The van der Waals surface area contributed by atoms with Crippen molar-refractivity contribution in [1.82, 2.24) is 14.6 Å². The molecule has 2 unspecified atom stereocenters. The Morgan fingerprint density at radius 1 is 1.48 bits per heavy atom. The molecule has 1 aliphatic carbocycles. The molecule has 156 valence electrons. The predicted molar refractivity (Wildman–Crippen MR) is 119 cm³/mol. The van der Waals surface area contributed by atoms with Gasteiger partial charge in [-0.1, -0.05) is 23.7 Å². The highest BCUT2D eigenvalue weighted by atomic mass is 35.5. The molecule has 2 atom stereocenters. The van der Waals surface area contributed by atoms with Gasteiger partial charge in [0.2, 0.25) is 0 Å². The van der Waals surface area contributed by atoms with E-state index in [4.69, 9.17) is 21.3 Å². The zero-order valence-corrected chi connectivity index (χ0v) is 18.6. The van der Waals surface area contributed by atoms with E-state index in [2.05, 4.69) is 9.65 Å². The fourth-order valence-electron chi connectivity index (χ4n) is 3.32. The number of hydrogen-bond donors (Lipinski definition) is 1. The summed E-state index contributed by atoms with van der Waals surface area (Å²) in [6.45, 7) is 7.72. The van der Waals surface area contributed by atoms with Crippen LogP contribution in [-0.2, 0) is 22.6 Å². The zero-order valence-electron chi connectivity index (χ0n) is 16.9. The molecule has 0 saturated carbocycles. The summed E-state index contributed by atoms with van der Waals surface area (Å²) >= 11 is 6.41. The van der Waals surface area contributed by atoms with Crippen molar-refractivity contribution in [1.29, 1.82) is 0 Å². The number of carbonyl (C=O) groups is 1. The van der Waals surface area contributed by atoms with Gasteiger partial charge in [-0.05, 0) is 49.9 Å². The number of halogens is 2. The number of nitrogens with zero attached hydrogens (tertiary/aromatic N) is 2. The number of aromatic nitrogens is 2. The molecule has 5 nitrogen and oxygen atoms in total. The van der Waals surface area contributed by atoms with E-state index in [1.165, 1.54) is 6.92 Å². The molecule has 0 saturated heterocycles. The van der Waals surface area contributed by atoms with E-state index < -0.39 is 13.7 Å². The van der Waals surface area contributed by atoms with E-state index >= 15 is 0 Å². The van der Waals surface area contributed by atoms with Crippen LogP contribution in [0.2, 0.25) is 0 Å². The second-order valence-corrected chi connectivity index (χ2v) is 9.44. The summed E-state index contributed by atoms with van der Waals surface area (Å²) < 4.78 is 21.9. The monoisotopic (exact) mass is 437 g/mol. The minimum absolute atomic E-state index is 0.170. The normalized spacial score (nSPS) is 20.4. The summed E-state index contributed by atoms with van der Waals surface area (Å²) in [5.41, 5.74) is 2.17. The SMILES string of the molecule is CCOCCn1c(CNP(C)C=O)nc2ccc(C3=C(Cl)CC(C)(F)C=C3)cc21. The Bertz CT molecular complexity index is 955. The number of benzene rings is 1. The highest BCUT2D eigenvalue weighted by Gasteiger charge is 2.26. The van der Waals surface area contributed by atoms with Crippen LogP contribution in [0.3, 0.4) is 0 Å². The molecule has 2 aromatic rings. The van der Waals surface area contributed by atoms with Crippen LogP contribution in [0.5, 0.6) is 0 Å². The Hall–Kier alpha value is -1.59. The van der Waals surface area contributed by atoms with Gasteiger partial charge in [0.05, 0.1) is 24.2 Å². The van der Waals surface area contributed by atoms with Crippen LogP contribution < -0.4 is 5.09 Å². The Labute approximate surface area is 176 Å². The number of rotatable bonds is 9. The number of nitrogens with one attached hydrogen (secondary N) is 1. The van der Waals surface area contributed by atoms with E-state index in [0.717, 1.165) is 34.0 Å². The second kappa shape index (κ2) is 9.48. The molecule has 0 bridgehead atoms. The highest BCUT2D eigenvalue weighted by molar-refractivity contribution is 7.69. The fourth-order valence-corrected chi connectivity index (χ4v) is 4.21. The average Bonchev–Trinajstić information content (AvgIpc) is 3.02. The number of carbonyl (C=O) groups excluding carboxylic acids is 1. The Balaban J connectivity index is 1.98. The first-order valence-electron chi connectivity index (χ1n) is 9.60. The van der Waals surface area contributed by atoms with Crippen molar-refractivity contribution in [3.63, 3.8) is 0 Å². The summed E-state index contributed by atoms with van der Waals surface area (Å²) in [6.07, 6.45) is 3.48. The number of fused-ring (bicyclic) bond motifs is 1. The molecule has 8 heteroatoms. The number of ether oxygens (including phenoxy) is 1. The standard InChI is InChI=1S/C21H26ClFN3O2P/c1-4-28-10-9-26-19-11-15(16-7-8-21(2,23)12-17(16)22)5-6-18(19)25-20(26)13-24-29(3)14-27/h5-8,11,14,24H,4,9-10,12-13H2,1-3H3. The molecule has 1 aromatic carbocycles. The van der Waals surface area contributed by atoms with Crippen LogP contribution in [0.1, 0.15) is 31.7 Å². The van der Waals surface area contributed by atoms with E-state index in [1.807, 2.05) is 31.8 Å². The van der Waals surface area contributed by atoms with Crippen LogP contribution in [0.4, 0.5) is 4.39 Å². The Morgan fingerprint density at radius 2 is 2.28 bits per heavy atom. The van der Waals surface area contributed by atoms with Crippen molar-refractivity contribution in [3.8, 4) is 0 Å². The molecule has 1 aromatic heterocycles. The van der Waals surface area contributed by atoms with E-state index in [9.17, 15) is 9.18 Å². The highest BCUT2D eigenvalue weighted by Crippen LogP contribution is 2.37. The van der Waals surface area contributed by atoms with Gasteiger partial charge >= 0.3 is 0 Å². The molecule has 1 aliphatic rings. The molecular formula is C21H26ClFN3O2P. The Kier molecular flexibility index (Phi) is 7.23. The molecule has 3 rings (SSSR count). The van der Waals surface area contributed by atoms with Gasteiger partial charge in [0.25, 0.3) is 0 Å². The molecule has 1 heterocycles. The van der Waals surface area contributed by atoms with Gasteiger partial charge in [0, 0.05) is 32.7 Å². The topological polar surface area (TPSA) is 56.1 Å². The van der Waals surface area contributed by atoms with Gasteiger partial charge in [0.15, 0.2) is 6.03 Å². The number of hydrogen-bond acceptors (Lipinski definition) is 4. The minimum atomic E-state index is -1.42. The maximum atomic E-state index is 14.2. The van der Waals surface area contributed by atoms with Crippen molar-refractivity contribution in [2.45, 2.75) is 39.0 Å². The molecule has 0 aliphatic heterocycles. The molecule has 29 heavy (non-hydrogen) atoms. The smallest absolute Gasteiger partial charge is 0.156 e. The lowest BCUT2D eigenvalue weighted by molar-refractivity contribution is 0.139. The number of alkyl halides is 1. The van der Waals surface area contributed by atoms with Crippen LogP contribution in [0.15, 0.2) is 35.4 Å². The maximum Gasteiger partial charge on any atom is 0.156 e. The van der Waals surface area contributed by atoms with E-state index in [1.54, 1.807) is 12.2 Å². The lowest BCUT2D eigenvalue weighted by atomic mass is 9.92. The van der Waals surface area contributed by atoms with Gasteiger partial charge < -0.3 is 9.30 Å². The van der Waals surface area contributed by atoms with Crippen LogP contribution >= 0.6 is 19.7 Å². The summed E-state index contributed by atoms with van der Waals surface area (Å²) in [6, 6.07) is 6.88. The van der Waals surface area contributed by atoms with Gasteiger partial charge in [-0.2, -0.15) is 0 Å². The van der Waals surface area contributed by atoms with Crippen molar-refractivity contribution in [3.05, 3.63) is 46.8 Å². The average molecular weight is 438 g/mol. The van der Waals surface area contributed by atoms with Crippen molar-refractivity contribution in [2.75, 3.05) is 19.9 Å². The van der Waals surface area contributed by atoms with Crippen LogP contribution in [0.25, 0.3) is 16.6 Å². The summed E-state index contributed by atoms with van der Waals surface area (Å²) in [7, 11) is -0.876. The first-order chi connectivity index (χ1) is 13.8. The molecular weight excluding hydrogens is 412 g/mol. The maximum absolute atomic E-state index is 14.2. The van der Waals surface area contributed by atoms with Gasteiger partial charge in [-0.3, -0.25) is 9.88 Å².